The van der Waals surface area contributed by atoms with Gasteiger partial charge in [0.15, 0.2) is 5.82 Å². The zero-order valence-electron chi connectivity index (χ0n) is 20.5. The third-order valence-corrected chi connectivity index (χ3v) is 7.13. The van der Waals surface area contributed by atoms with Crippen LogP contribution in [0.25, 0.3) is 10.2 Å². The van der Waals surface area contributed by atoms with Gasteiger partial charge in [-0.3, -0.25) is 9.59 Å². The van der Waals surface area contributed by atoms with E-state index in [2.05, 4.69) is 31.6 Å². The molecule has 0 radical (unpaired) electrons. The van der Waals surface area contributed by atoms with Crippen LogP contribution in [0.5, 0.6) is 5.88 Å². The van der Waals surface area contributed by atoms with E-state index in [-0.39, 0.29) is 30.9 Å². The molecule has 10 heteroatoms. The largest absolute Gasteiger partial charge is 0.480 e. The van der Waals surface area contributed by atoms with Crippen molar-refractivity contribution < 1.29 is 19.1 Å². The number of hydrogen-bond acceptors (Lipinski definition) is 8. The minimum absolute atomic E-state index is 0.152. The van der Waals surface area contributed by atoms with Gasteiger partial charge in [0.25, 0.3) is 5.91 Å². The number of fused-ring (bicyclic) bond motifs is 1. The Balaban J connectivity index is 1.40. The summed E-state index contributed by atoms with van der Waals surface area (Å²) in [6, 6.07) is 7.54. The number of rotatable bonds is 9. The second-order valence-corrected chi connectivity index (χ2v) is 9.69. The first kappa shape index (κ1) is 24.9. The standard InChI is InChI=1S/C25H31N5O4S/c1-15(12-20(31)27-17-8-7-9-18(13-17)30-10-5-6-11-30)26-23(32)22-16(2)21-24(34-4)28-19(14-33-3)29-25(21)35-22/h7-9,13,15H,5-6,10-12,14H2,1-4H3,(H,26,32)(H,27,31). The quantitative estimate of drug-likeness (QED) is 0.462. The number of carbonyl (C=O) groups excluding carboxylic acids is 2. The van der Waals surface area contributed by atoms with E-state index in [0.29, 0.717) is 26.8 Å². The summed E-state index contributed by atoms with van der Waals surface area (Å²) < 4.78 is 10.6. The molecule has 0 saturated carbocycles. The number of carbonyl (C=O) groups is 2. The summed E-state index contributed by atoms with van der Waals surface area (Å²) in [5.74, 6) is 0.501. The van der Waals surface area contributed by atoms with Crippen molar-refractivity contribution in [2.45, 2.75) is 45.8 Å². The van der Waals surface area contributed by atoms with Crippen molar-refractivity contribution in [3.8, 4) is 5.88 Å². The van der Waals surface area contributed by atoms with E-state index in [1.807, 2.05) is 32.0 Å². The molecule has 9 nitrogen and oxygen atoms in total. The predicted octanol–water partition coefficient (Wildman–Crippen LogP) is 3.90. The highest BCUT2D eigenvalue weighted by atomic mass is 32.1. The van der Waals surface area contributed by atoms with Gasteiger partial charge in [0, 0.05) is 44.0 Å². The molecule has 0 aliphatic carbocycles. The summed E-state index contributed by atoms with van der Waals surface area (Å²) in [5.41, 5.74) is 2.63. The Labute approximate surface area is 208 Å². The van der Waals surface area contributed by atoms with Crippen LogP contribution in [0, 0.1) is 6.92 Å². The first-order chi connectivity index (χ1) is 16.9. The Morgan fingerprint density at radius 2 is 1.97 bits per heavy atom. The molecule has 4 rings (SSSR count). The Hall–Kier alpha value is -3.24. The lowest BCUT2D eigenvalue weighted by molar-refractivity contribution is -0.116. The van der Waals surface area contributed by atoms with Crippen molar-refractivity contribution in [2.24, 2.45) is 0 Å². The lowest BCUT2D eigenvalue weighted by Crippen LogP contribution is -2.35. The monoisotopic (exact) mass is 497 g/mol. The average Bonchev–Trinajstić information content (AvgIpc) is 3.47. The summed E-state index contributed by atoms with van der Waals surface area (Å²) in [6.45, 7) is 6.00. The zero-order valence-corrected chi connectivity index (χ0v) is 21.3. The third kappa shape index (κ3) is 5.71. The molecule has 186 valence electrons. The molecule has 3 aromatic rings. The number of ether oxygens (including phenoxy) is 2. The van der Waals surface area contributed by atoms with Crippen LogP contribution in [-0.2, 0) is 16.1 Å². The molecule has 1 unspecified atom stereocenters. The molecule has 2 aromatic heterocycles. The molecule has 1 aliphatic rings. The zero-order chi connectivity index (χ0) is 24.9. The van der Waals surface area contributed by atoms with Crippen LogP contribution in [0.15, 0.2) is 24.3 Å². The van der Waals surface area contributed by atoms with Crippen LogP contribution >= 0.6 is 11.3 Å². The van der Waals surface area contributed by atoms with Gasteiger partial charge in [-0.25, -0.2) is 4.98 Å². The topological polar surface area (TPSA) is 106 Å². The molecule has 0 spiro atoms. The van der Waals surface area contributed by atoms with Crippen molar-refractivity contribution >= 4 is 44.7 Å². The molecule has 0 bridgehead atoms. The van der Waals surface area contributed by atoms with E-state index in [4.69, 9.17) is 9.47 Å². The third-order valence-electron chi connectivity index (χ3n) is 5.95. The normalized spacial score (nSPS) is 14.2. The minimum Gasteiger partial charge on any atom is -0.480 e. The highest BCUT2D eigenvalue weighted by molar-refractivity contribution is 7.20. The maximum atomic E-state index is 13.0. The number of nitrogens with zero attached hydrogens (tertiary/aromatic N) is 3. The van der Waals surface area contributed by atoms with E-state index in [0.717, 1.165) is 30.0 Å². The molecule has 1 atom stereocenters. The van der Waals surface area contributed by atoms with E-state index in [1.54, 1.807) is 7.11 Å². The maximum Gasteiger partial charge on any atom is 0.261 e. The number of aryl methyl sites for hydroxylation is 1. The summed E-state index contributed by atoms with van der Waals surface area (Å²) >= 11 is 1.27. The molecule has 1 aliphatic heterocycles. The van der Waals surface area contributed by atoms with Gasteiger partial charge in [-0.2, -0.15) is 4.98 Å². The van der Waals surface area contributed by atoms with Crippen LogP contribution in [-0.4, -0.2) is 55.1 Å². The van der Waals surface area contributed by atoms with Gasteiger partial charge in [-0.1, -0.05) is 6.07 Å². The lowest BCUT2D eigenvalue weighted by atomic mass is 10.1. The van der Waals surface area contributed by atoms with Crippen molar-refractivity contribution in [2.75, 3.05) is 37.5 Å². The molecule has 3 heterocycles. The minimum atomic E-state index is -0.356. The van der Waals surface area contributed by atoms with Crippen LogP contribution in [0.4, 0.5) is 11.4 Å². The number of amides is 2. The summed E-state index contributed by atoms with van der Waals surface area (Å²) in [7, 11) is 3.11. The number of thiophene rings is 1. The first-order valence-corrected chi connectivity index (χ1v) is 12.5. The summed E-state index contributed by atoms with van der Waals surface area (Å²) in [5, 5.41) is 6.61. The van der Waals surface area contributed by atoms with Crippen molar-refractivity contribution in [1.29, 1.82) is 0 Å². The van der Waals surface area contributed by atoms with Gasteiger partial charge >= 0.3 is 0 Å². The average molecular weight is 498 g/mol. The molecule has 1 fully saturated rings. The van der Waals surface area contributed by atoms with E-state index < -0.39 is 0 Å². The molecular weight excluding hydrogens is 466 g/mol. The Morgan fingerprint density at radius 1 is 1.20 bits per heavy atom. The molecule has 2 amide bonds. The fraction of sp³-hybridized carbons (Fsp3) is 0.440. The van der Waals surface area contributed by atoms with Crippen LogP contribution < -0.4 is 20.3 Å². The predicted molar refractivity (Wildman–Crippen MR) is 137 cm³/mol. The van der Waals surface area contributed by atoms with Crippen molar-refractivity contribution in [3.63, 3.8) is 0 Å². The van der Waals surface area contributed by atoms with Crippen LogP contribution in [0.1, 0.15) is 47.2 Å². The number of hydrogen-bond donors (Lipinski definition) is 2. The van der Waals surface area contributed by atoms with E-state index >= 15 is 0 Å². The van der Waals surface area contributed by atoms with Gasteiger partial charge < -0.3 is 25.0 Å². The number of methoxy groups -OCH3 is 2. The van der Waals surface area contributed by atoms with Gasteiger partial charge in [0.2, 0.25) is 11.8 Å². The second kappa shape index (κ2) is 11.0. The number of nitrogens with one attached hydrogen (secondary N) is 2. The fourth-order valence-corrected chi connectivity index (χ4v) is 5.38. The van der Waals surface area contributed by atoms with Gasteiger partial charge in [-0.15, -0.1) is 11.3 Å². The maximum absolute atomic E-state index is 13.0. The Morgan fingerprint density at radius 3 is 2.69 bits per heavy atom. The molecule has 1 saturated heterocycles. The van der Waals surface area contributed by atoms with Crippen LogP contribution in [0.3, 0.4) is 0 Å². The second-order valence-electron chi connectivity index (χ2n) is 8.69. The van der Waals surface area contributed by atoms with Gasteiger partial charge in [-0.05, 0) is 50.5 Å². The molecule has 1 aromatic carbocycles. The summed E-state index contributed by atoms with van der Waals surface area (Å²) in [4.78, 5) is 38.1. The van der Waals surface area contributed by atoms with Crippen molar-refractivity contribution in [3.05, 3.63) is 40.5 Å². The highest BCUT2D eigenvalue weighted by Crippen LogP contribution is 2.35. The van der Waals surface area contributed by atoms with Gasteiger partial charge in [0.1, 0.15) is 11.4 Å². The first-order valence-electron chi connectivity index (χ1n) is 11.7. The smallest absolute Gasteiger partial charge is 0.261 e. The number of aromatic nitrogens is 2. The molecular formula is C25H31N5O4S. The summed E-state index contributed by atoms with van der Waals surface area (Å²) in [6.07, 6.45) is 2.55. The van der Waals surface area contributed by atoms with E-state index in [9.17, 15) is 9.59 Å². The Kier molecular flexibility index (Phi) is 7.82. The fourth-order valence-electron chi connectivity index (χ4n) is 4.29. The number of anilines is 2. The van der Waals surface area contributed by atoms with Gasteiger partial charge in [0.05, 0.1) is 17.4 Å². The number of benzene rings is 1. The van der Waals surface area contributed by atoms with Crippen molar-refractivity contribution in [1.82, 2.24) is 15.3 Å². The van der Waals surface area contributed by atoms with Crippen LogP contribution in [0.2, 0.25) is 0 Å². The van der Waals surface area contributed by atoms with E-state index in [1.165, 1.54) is 31.3 Å². The highest BCUT2D eigenvalue weighted by Gasteiger charge is 2.23. The molecule has 35 heavy (non-hydrogen) atoms. The molecule has 2 N–H and O–H groups in total. The Bertz CT molecular complexity index is 1220. The lowest BCUT2D eigenvalue weighted by Gasteiger charge is -2.19. The SMILES string of the molecule is COCc1nc(OC)c2c(C)c(C(=O)NC(C)CC(=O)Nc3cccc(N4CCCC4)c3)sc2n1.